The predicted molar refractivity (Wildman–Crippen MR) is 158 cm³/mol. The molecule has 0 bridgehead atoms. The summed E-state index contributed by atoms with van der Waals surface area (Å²) >= 11 is 0. The summed E-state index contributed by atoms with van der Waals surface area (Å²) in [5.41, 5.74) is 0.181. The lowest BCUT2D eigenvalue weighted by Gasteiger charge is -2.44. The van der Waals surface area contributed by atoms with Crippen molar-refractivity contribution in [2.75, 3.05) is 54.9 Å². The number of nitrogens with zero attached hydrogens (tertiary/aromatic N) is 5. The Labute approximate surface area is 253 Å². The number of alkyl halides is 3. The van der Waals surface area contributed by atoms with Gasteiger partial charge in [-0.3, -0.25) is 14.5 Å². The average molecular weight is 622 g/mol. The van der Waals surface area contributed by atoms with Gasteiger partial charge in [0.25, 0.3) is 0 Å². The summed E-state index contributed by atoms with van der Waals surface area (Å²) in [7, 11) is 1.99. The maximum absolute atomic E-state index is 15.8. The standard InChI is InChI=1S/C30H39F4N7O3/c1-17-15-41(16-18(2)39(17)4)25-11-23(31)20(19-12-36-28(37-13-19)40-7-5-29(3,44)6-8-40)9-24(25)38-27(43)21-14-35-26(42)10-22(21)30(32,33)34/h9,11-13,17-18,21-22,44H,5-8,10,14-16H2,1-4H3,(H,35,42)(H,38,43)/t17-,18+,21?,22?. The second kappa shape index (κ2) is 12.1. The molecule has 14 heteroatoms. The molecule has 4 atom stereocenters. The highest BCUT2D eigenvalue weighted by Gasteiger charge is 2.50. The minimum Gasteiger partial charge on any atom is -0.390 e. The lowest BCUT2D eigenvalue weighted by Crippen LogP contribution is -2.55. The number of aliphatic hydroxyl groups is 1. The van der Waals surface area contributed by atoms with E-state index in [0.29, 0.717) is 56.2 Å². The number of piperidine rings is 2. The molecule has 2 unspecified atom stereocenters. The zero-order chi connectivity index (χ0) is 32.0. The molecule has 0 radical (unpaired) electrons. The lowest BCUT2D eigenvalue weighted by atomic mass is 9.84. The average Bonchev–Trinajstić information content (AvgIpc) is 2.96. The Morgan fingerprint density at radius 3 is 2.30 bits per heavy atom. The first kappa shape index (κ1) is 31.9. The van der Waals surface area contributed by atoms with Gasteiger partial charge in [-0.15, -0.1) is 0 Å². The van der Waals surface area contributed by atoms with Crippen molar-refractivity contribution in [1.82, 2.24) is 20.2 Å². The molecule has 0 aliphatic carbocycles. The number of rotatable bonds is 5. The molecule has 1 aromatic heterocycles. The third-order valence-corrected chi connectivity index (χ3v) is 9.28. The molecule has 4 heterocycles. The van der Waals surface area contributed by atoms with Gasteiger partial charge in [0.15, 0.2) is 0 Å². The Morgan fingerprint density at radius 2 is 1.70 bits per heavy atom. The second-order valence-corrected chi connectivity index (χ2v) is 12.6. The summed E-state index contributed by atoms with van der Waals surface area (Å²) in [5.74, 6) is -5.52. The van der Waals surface area contributed by atoms with Crippen LogP contribution >= 0.6 is 0 Å². The van der Waals surface area contributed by atoms with E-state index >= 15 is 4.39 Å². The van der Waals surface area contributed by atoms with Crippen LogP contribution in [0.1, 0.15) is 40.0 Å². The van der Waals surface area contributed by atoms with Gasteiger partial charge in [0.1, 0.15) is 5.82 Å². The van der Waals surface area contributed by atoms with Gasteiger partial charge in [-0.05, 0) is 52.8 Å². The summed E-state index contributed by atoms with van der Waals surface area (Å²) < 4.78 is 57.3. The van der Waals surface area contributed by atoms with E-state index in [1.54, 1.807) is 6.92 Å². The Bertz CT molecular complexity index is 1370. The van der Waals surface area contributed by atoms with Crippen molar-refractivity contribution in [2.45, 2.75) is 63.9 Å². The number of carbonyl (C=O) groups excluding carboxylic acids is 2. The molecule has 0 saturated carbocycles. The molecule has 5 rings (SSSR count). The maximum atomic E-state index is 15.8. The van der Waals surface area contributed by atoms with Crippen LogP contribution in [-0.2, 0) is 9.59 Å². The van der Waals surface area contributed by atoms with Gasteiger partial charge in [0.05, 0.1) is 28.8 Å². The van der Waals surface area contributed by atoms with E-state index in [1.165, 1.54) is 24.5 Å². The van der Waals surface area contributed by atoms with Crippen LogP contribution in [0.15, 0.2) is 24.5 Å². The number of likely N-dealkylation sites (N-methyl/N-ethyl adjacent to an activating group) is 1. The number of nitrogens with one attached hydrogen (secondary N) is 2. The highest BCUT2D eigenvalue weighted by molar-refractivity contribution is 5.98. The van der Waals surface area contributed by atoms with E-state index in [1.807, 2.05) is 30.7 Å². The summed E-state index contributed by atoms with van der Waals surface area (Å²) in [6, 6.07) is 2.89. The molecule has 10 nitrogen and oxygen atoms in total. The number of benzene rings is 1. The second-order valence-electron chi connectivity index (χ2n) is 12.6. The topological polar surface area (TPSA) is 114 Å². The van der Waals surface area contributed by atoms with E-state index in [0.717, 1.165) is 0 Å². The van der Waals surface area contributed by atoms with E-state index in [4.69, 9.17) is 0 Å². The molecule has 44 heavy (non-hydrogen) atoms. The van der Waals surface area contributed by atoms with Crippen LogP contribution in [0.2, 0.25) is 0 Å². The summed E-state index contributed by atoms with van der Waals surface area (Å²) in [6.07, 6.45) is -1.54. The van der Waals surface area contributed by atoms with Crippen molar-refractivity contribution in [2.24, 2.45) is 11.8 Å². The fraction of sp³-hybridized carbons (Fsp3) is 0.600. The van der Waals surface area contributed by atoms with Crippen molar-refractivity contribution < 1.29 is 32.3 Å². The number of piperazine rings is 1. The Morgan fingerprint density at radius 1 is 1.09 bits per heavy atom. The van der Waals surface area contributed by atoms with Crippen molar-refractivity contribution in [1.29, 1.82) is 0 Å². The molecule has 1 aromatic carbocycles. The Hall–Kier alpha value is -3.52. The van der Waals surface area contributed by atoms with E-state index < -0.39 is 54.2 Å². The largest absolute Gasteiger partial charge is 0.393 e. The highest BCUT2D eigenvalue weighted by atomic mass is 19.4. The third-order valence-electron chi connectivity index (χ3n) is 9.28. The zero-order valence-corrected chi connectivity index (χ0v) is 25.3. The van der Waals surface area contributed by atoms with Crippen LogP contribution in [0.5, 0.6) is 0 Å². The molecule has 2 aromatic rings. The van der Waals surface area contributed by atoms with Gasteiger partial charge >= 0.3 is 6.18 Å². The zero-order valence-electron chi connectivity index (χ0n) is 25.3. The first-order valence-corrected chi connectivity index (χ1v) is 14.9. The smallest absolute Gasteiger partial charge is 0.390 e. The number of carbonyl (C=O) groups is 2. The van der Waals surface area contributed by atoms with E-state index in [2.05, 4.69) is 25.5 Å². The maximum Gasteiger partial charge on any atom is 0.393 e. The first-order valence-electron chi connectivity index (χ1n) is 14.9. The van der Waals surface area contributed by atoms with Crippen molar-refractivity contribution >= 4 is 29.1 Å². The quantitative estimate of drug-likeness (QED) is 0.436. The summed E-state index contributed by atoms with van der Waals surface area (Å²) in [5, 5.41) is 15.3. The molecule has 0 spiro atoms. The number of halogens is 4. The van der Waals surface area contributed by atoms with E-state index in [-0.39, 0.29) is 23.3 Å². The lowest BCUT2D eigenvalue weighted by molar-refractivity contribution is -0.197. The number of amides is 2. The molecule has 3 N–H and O–H groups in total. The fourth-order valence-corrected chi connectivity index (χ4v) is 6.18. The molecule has 3 aliphatic heterocycles. The number of hydrogen-bond donors (Lipinski definition) is 3. The van der Waals surface area contributed by atoms with Crippen LogP contribution in [0, 0.1) is 17.7 Å². The van der Waals surface area contributed by atoms with E-state index in [9.17, 15) is 27.9 Å². The minimum absolute atomic E-state index is 0.0803. The number of anilines is 3. The van der Waals surface area contributed by atoms with Crippen molar-refractivity contribution in [3.63, 3.8) is 0 Å². The minimum atomic E-state index is -4.75. The van der Waals surface area contributed by atoms with Crippen LogP contribution in [-0.4, -0.2) is 95.4 Å². The van der Waals surface area contributed by atoms with Gasteiger partial charge in [-0.25, -0.2) is 14.4 Å². The molecule has 2 amide bonds. The van der Waals surface area contributed by atoms with Gasteiger partial charge in [0.2, 0.25) is 17.8 Å². The monoisotopic (exact) mass is 621 g/mol. The van der Waals surface area contributed by atoms with Crippen molar-refractivity contribution in [3.05, 3.63) is 30.3 Å². The molecule has 3 saturated heterocycles. The SMILES string of the molecule is C[C@@H]1CN(c2cc(F)c(-c3cnc(N4CCC(C)(O)CC4)nc3)cc2NC(=O)C2CNC(=O)CC2C(F)(F)F)C[C@H](C)N1C. The summed E-state index contributed by atoms with van der Waals surface area (Å²) in [6.45, 7) is 7.51. The molecule has 240 valence electrons. The normalized spacial score (nSPS) is 26.3. The van der Waals surface area contributed by atoms with Crippen LogP contribution < -0.4 is 20.4 Å². The van der Waals surface area contributed by atoms with Crippen LogP contribution in [0.4, 0.5) is 34.9 Å². The van der Waals surface area contributed by atoms with Gasteiger partial charge < -0.3 is 25.5 Å². The van der Waals surface area contributed by atoms with Gasteiger partial charge in [-0.1, -0.05) is 0 Å². The number of aromatic nitrogens is 2. The highest BCUT2D eigenvalue weighted by Crippen LogP contribution is 2.39. The third kappa shape index (κ3) is 6.75. The molecular weight excluding hydrogens is 582 g/mol. The summed E-state index contributed by atoms with van der Waals surface area (Å²) in [4.78, 5) is 40.0. The van der Waals surface area contributed by atoms with Gasteiger partial charge in [0, 0.05) is 74.7 Å². The molecular formula is C30H39F4N7O3. The number of hydrogen-bond acceptors (Lipinski definition) is 8. The van der Waals surface area contributed by atoms with Gasteiger partial charge in [-0.2, -0.15) is 13.2 Å². The Kier molecular flexibility index (Phi) is 8.78. The Balaban J connectivity index is 1.47. The molecule has 3 fully saturated rings. The first-order chi connectivity index (χ1) is 20.6. The van der Waals surface area contributed by atoms with Crippen LogP contribution in [0.25, 0.3) is 11.1 Å². The fourth-order valence-electron chi connectivity index (χ4n) is 6.18. The van der Waals surface area contributed by atoms with Crippen molar-refractivity contribution in [3.8, 4) is 11.1 Å². The molecule has 3 aliphatic rings. The van der Waals surface area contributed by atoms with Crippen LogP contribution in [0.3, 0.4) is 0 Å². The predicted octanol–water partition coefficient (Wildman–Crippen LogP) is 3.42.